The number of sulfonamides is 1. The van der Waals surface area contributed by atoms with Gasteiger partial charge in [0, 0.05) is 12.1 Å². The third-order valence-corrected chi connectivity index (χ3v) is 3.95. The fraction of sp³-hybridized carbons (Fsp3) is 0.400. The molecule has 0 aliphatic rings. The van der Waals surface area contributed by atoms with Crippen LogP contribution in [-0.2, 0) is 10.0 Å². The van der Waals surface area contributed by atoms with Crippen molar-refractivity contribution in [3.63, 3.8) is 0 Å². The van der Waals surface area contributed by atoms with E-state index in [1.165, 1.54) is 18.2 Å². The zero-order valence-corrected chi connectivity index (χ0v) is 11.9. The highest BCUT2D eigenvalue weighted by atomic mass is 79.9. The summed E-state index contributed by atoms with van der Waals surface area (Å²) in [7, 11) is -3.88. The molecule has 1 rings (SSSR count). The molecule has 0 saturated carbocycles. The lowest BCUT2D eigenvalue weighted by Crippen LogP contribution is -2.45. The van der Waals surface area contributed by atoms with Crippen molar-refractivity contribution < 1.29 is 12.8 Å². The Morgan fingerprint density at radius 2 is 2.06 bits per heavy atom. The fourth-order valence-electron chi connectivity index (χ4n) is 1.05. The van der Waals surface area contributed by atoms with Gasteiger partial charge in [0.15, 0.2) is 5.82 Å². The van der Waals surface area contributed by atoms with Gasteiger partial charge < -0.3 is 5.73 Å². The maximum atomic E-state index is 13.6. The van der Waals surface area contributed by atoms with Crippen LogP contribution in [0.1, 0.15) is 13.8 Å². The van der Waals surface area contributed by atoms with Crippen molar-refractivity contribution in [1.29, 1.82) is 0 Å². The van der Waals surface area contributed by atoms with Crippen LogP contribution in [0.5, 0.6) is 0 Å². The molecule has 0 amide bonds. The SMILES string of the molecule is CC(C)(N)CNS(=O)(=O)c1cccc(Br)c1F. The van der Waals surface area contributed by atoms with Crippen molar-refractivity contribution in [1.82, 2.24) is 4.72 Å². The van der Waals surface area contributed by atoms with E-state index in [1.54, 1.807) is 13.8 Å². The minimum Gasteiger partial charge on any atom is -0.324 e. The Hall–Kier alpha value is -0.500. The normalized spacial score (nSPS) is 12.8. The molecule has 0 atom stereocenters. The maximum Gasteiger partial charge on any atom is 0.243 e. The predicted octanol–water partition coefficient (Wildman–Crippen LogP) is 1.60. The molecule has 0 spiro atoms. The van der Waals surface area contributed by atoms with Crippen molar-refractivity contribution in [3.8, 4) is 0 Å². The standard InChI is InChI=1S/C10H14BrFN2O2S/c1-10(2,13)6-14-17(15,16)8-5-3-4-7(11)9(8)12/h3-5,14H,6,13H2,1-2H3. The van der Waals surface area contributed by atoms with Crippen LogP contribution >= 0.6 is 15.9 Å². The lowest BCUT2D eigenvalue weighted by Gasteiger charge is -2.19. The monoisotopic (exact) mass is 324 g/mol. The van der Waals surface area contributed by atoms with Gasteiger partial charge in [-0.2, -0.15) is 0 Å². The molecule has 0 unspecified atom stereocenters. The number of hydrogen-bond donors (Lipinski definition) is 2. The lowest BCUT2D eigenvalue weighted by molar-refractivity contribution is 0.494. The summed E-state index contributed by atoms with van der Waals surface area (Å²) >= 11 is 2.94. The molecule has 96 valence electrons. The van der Waals surface area contributed by atoms with Gasteiger partial charge in [-0.1, -0.05) is 6.07 Å². The van der Waals surface area contributed by atoms with E-state index in [2.05, 4.69) is 20.7 Å². The zero-order valence-electron chi connectivity index (χ0n) is 9.50. The topological polar surface area (TPSA) is 72.2 Å². The van der Waals surface area contributed by atoms with Crippen molar-refractivity contribution in [2.75, 3.05) is 6.54 Å². The van der Waals surface area contributed by atoms with Crippen LogP contribution in [-0.4, -0.2) is 20.5 Å². The Balaban J connectivity index is 3.02. The van der Waals surface area contributed by atoms with Crippen LogP contribution in [0.3, 0.4) is 0 Å². The predicted molar refractivity (Wildman–Crippen MR) is 67.6 cm³/mol. The number of nitrogens with two attached hydrogens (primary N) is 1. The van der Waals surface area contributed by atoms with Gasteiger partial charge in [-0.25, -0.2) is 17.5 Å². The summed E-state index contributed by atoms with van der Waals surface area (Å²) in [6.07, 6.45) is 0. The van der Waals surface area contributed by atoms with Crippen molar-refractivity contribution >= 4 is 26.0 Å². The third kappa shape index (κ3) is 4.02. The Labute approximate surface area is 109 Å². The highest BCUT2D eigenvalue weighted by Crippen LogP contribution is 2.22. The molecule has 0 heterocycles. The number of hydrogen-bond acceptors (Lipinski definition) is 3. The average molecular weight is 325 g/mol. The van der Waals surface area contributed by atoms with Gasteiger partial charge in [-0.15, -0.1) is 0 Å². The summed E-state index contributed by atoms with van der Waals surface area (Å²) in [5.41, 5.74) is 4.96. The Kier molecular flexibility index (Phi) is 4.29. The van der Waals surface area contributed by atoms with Gasteiger partial charge in [0.1, 0.15) is 4.90 Å². The molecule has 7 heteroatoms. The molecule has 0 aliphatic heterocycles. The second kappa shape index (κ2) is 5.01. The second-order valence-electron chi connectivity index (χ2n) is 4.37. The molecule has 0 aromatic heterocycles. The number of nitrogens with one attached hydrogen (secondary N) is 1. The van der Waals surface area contributed by atoms with Gasteiger partial charge in [-0.05, 0) is 41.9 Å². The quantitative estimate of drug-likeness (QED) is 0.883. The first-order valence-corrected chi connectivity index (χ1v) is 7.14. The lowest BCUT2D eigenvalue weighted by atomic mass is 10.1. The van der Waals surface area contributed by atoms with E-state index >= 15 is 0 Å². The molecule has 1 aromatic carbocycles. The Bertz CT molecular complexity index is 512. The minimum absolute atomic E-state index is 0.0291. The first-order chi connectivity index (χ1) is 7.63. The molecule has 0 saturated heterocycles. The van der Waals surface area contributed by atoms with Crippen molar-refractivity contribution in [2.45, 2.75) is 24.3 Å². The van der Waals surface area contributed by atoms with Gasteiger partial charge in [-0.3, -0.25) is 0 Å². The van der Waals surface area contributed by atoms with Crippen molar-refractivity contribution in [2.24, 2.45) is 5.73 Å². The number of benzene rings is 1. The number of rotatable bonds is 4. The molecule has 4 nitrogen and oxygen atoms in total. The fourth-order valence-corrected chi connectivity index (χ4v) is 2.87. The summed E-state index contributed by atoms with van der Waals surface area (Å²) in [6, 6.07) is 4.09. The first-order valence-electron chi connectivity index (χ1n) is 4.86. The molecular weight excluding hydrogens is 311 g/mol. The summed E-state index contributed by atoms with van der Waals surface area (Å²) in [5.74, 6) is -0.810. The zero-order chi connectivity index (χ0) is 13.3. The van der Waals surface area contributed by atoms with E-state index in [1.807, 2.05) is 0 Å². The molecule has 0 fully saturated rings. The van der Waals surface area contributed by atoms with Crippen LogP contribution in [0.2, 0.25) is 0 Å². The molecule has 0 bridgehead atoms. The summed E-state index contributed by atoms with van der Waals surface area (Å²) < 4.78 is 39.6. The molecule has 3 N–H and O–H groups in total. The average Bonchev–Trinajstić information content (AvgIpc) is 2.18. The summed E-state index contributed by atoms with van der Waals surface area (Å²) in [6.45, 7) is 3.38. The molecule has 0 radical (unpaired) electrons. The highest BCUT2D eigenvalue weighted by molar-refractivity contribution is 9.10. The van der Waals surface area contributed by atoms with E-state index < -0.39 is 26.3 Å². The maximum absolute atomic E-state index is 13.6. The second-order valence-corrected chi connectivity index (χ2v) is 6.95. The Morgan fingerprint density at radius 3 is 2.59 bits per heavy atom. The summed E-state index contributed by atoms with van der Waals surface area (Å²) in [5, 5.41) is 0. The van der Waals surface area contributed by atoms with Crippen LogP contribution in [0, 0.1) is 5.82 Å². The Morgan fingerprint density at radius 1 is 1.47 bits per heavy atom. The van der Waals surface area contributed by atoms with Gasteiger partial charge in [0.05, 0.1) is 4.47 Å². The molecule has 0 aliphatic carbocycles. The van der Waals surface area contributed by atoms with E-state index in [0.29, 0.717) is 0 Å². The smallest absolute Gasteiger partial charge is 0.243 e. The molecular formula is C10H14BrFN2O2S. The van der Waals surface area contributed by atoms with Crippen LogP contribution in [0.15, 0.2) is 27.6 Å². The van der Waals surface area contributed by atoms with Crippen LogP contribution in [0.25, 0.3) is 0 Å². The van der Waals surface area contributed by atoms with Gasteiger partial charge >= 0.3 is 0 Å². The van der Waals surface area contributed by atoms with Gasteiger partial charge in [0.2, 0.25) is 10.0 Å². The molecule has 17 heavy (non-hydrogen) atoms. The van der Waals surface area contributed by atoms with E-state index in [0.717, 1.165) is 0 Å². The van der Waals surface area contributed by atoms with Crippen molar-refractivity contribution in [3.05, 3.63) is 28.5 Å². The number of halogens is 2. The van der Waals surface area contributed by atoms with Crippen LogP contribution < -0.4 is 10.5 Å². The first kappa shape index (κ1) is 14.6. The largest absolute Gasteiger partial charge is 0.324 e. The molecule has 1 aromatic rings. The van der Waals surface area contributed by atoms with E-state index in [4.69, 9.17) is 5.73 Å². The minimum atomic E-state index is -3.88. The highest BCUT2D eigenvalue weighted by Gasteiger charge is 2.22. The van der Waals surface area contributed by atoms with Gasteiger partial charge in [0.25, 0.3) is 0 Å². The third-order valence-electron chi connectivity index (χ3n) is 1.92. The van der Waals surface area contributed by atoms with Crippen LogP contribution in [0.4, 0.5) is 4.39 Å². The van der Waals surface area contributed by atoms with E-state index in [-0.39, 0.29) is 11.0 Å². The summed E-state index contributed by atoms with van der Waals surface area (Å²) in [4.78, 5) is -0.392. The van der Waals surface area contributed by atoms with E-state index in [9.17, 15) is 12.8 Å².